The summed E-state index contributed by atoms with van der Waals surface area (Å²) in [6.07, 6.45) is 0.448. The number of piperidine rings is 1. The van der Waals surface area contributed by atoms with E-state index >= 15 is 0 Å². The van der Waals surface area contributed by atoms with Crippen LogP contribution in [0.5, 0.6) is 0 Å². The highest BCUT2D eigenvalue weighted by atomic mass is 16.6. The maximum absolute atomic E-state index is 12.1. The van der Waals surface area contributed by atoms with Gasteiger partial charge in [-0.25, -0.2) is 0 Å². The lowest BCUT2D eigenvalue weighted by molar-refractivity contribution is -0.384. The van der Waals surface area contributed by atoms with E-state index in [0.717, 1.165) is 19.5 Å². The molecule has 0 saturated carbocycles. The average Bonchev–Trinajstić information content (AvgIpc) is 2.50. The molecule has 2 N–H and O–H groups in total. The van der Waals surface area contributed by atoms with Gasteiger partial charge in [0.25, 0.3) is 11.6 Å². The van der Waals surface area contributed by atoms with E-state index in [1.54, 1.807) is 19.1 Å². The number of benzene rings is 1. The minimum absolute atomic E-state index is 0.0546. The Morgan fingerprint density at radius 2 is 2.04 bits per heavy atom. The van der Waals surface area contributed by atoms with Crippen molar-refractivity contribution in [1.29, 1.82) is 0 Å². The summed E-state index contributed by atoms with van der Waals surface area (Å²) in [4.78, 5) is 25.1. The van der Waals surface area contributed by atoms with Gasteiger partial charge in [0.2, 0.25) is 0 Å². The minimum Gasteiger partial charge on any atom is -0.392 e. The Morgan fingerprint density at radius 3 is 2.58 bits per heavy atom. The fraction of sp³-hybridized carbons (Fsp3) is 0.588. The minimum atomic E-state index is -0.667. The van der Waals surface area contributed by atoms with Crippen LogP contribution < -0.4 is 10.2 Å². The predicted molar refractivity (Wildman–Crippen MR) is 92.3 cm³/mol. The van der Waals surface area contributed by atoms with E-state index < -0.39 is 16.9 Å². The molecule has 3 atom stereocenters. The van der Waals surface area contributed by atoms with Gasteiger partial charge in [0.05, 0.1) is 11.0 Å². The van der Waals surface area contributed by atoms with Crippen LogP contribution in [0.4, 0.5) is 11.4 Å². The molecule has 0 bridgehead atoms. The molecule has 2 rings (SSSR count). The summed E-state index contributed by atoms with van der Waals surface area (Å²) in [7, 11) is 0. The van der Waals surface area contributed by atoms with Crippen molar-refractivity contribution in [3.63, 3.8) is 0 Å². The average molecular weight is 335 g/mol. The molecule has 0 unspecified atom stereocenters. The SMILES string of the molecule is C[C@@H]1C[C@H](C)CN(c2ccc(C(=O)NC[C@H](C)O)cc2[N+](=O)[O-])C1. The van der Waals surface area contributed by atoms with Crippen LogP contribution in [0.15, 0.2) is 18.2 Å². The van der Waals surface area contributed by atoms with Gasteiger partial charge in [-0.15, -0.1) is 0 Å². The zero-order valence-corrected chi connectivity index (χ0v) is 14.4. The van der Waals surface area contributed by atoms with Gasteiger partial charge in [-0.05, 0) is 37.3 Å². The molecule has 24 heavy (non-hydrogen) atoms. The smallest absolute Gasteiger partial charge is 0.293 e. The Bertz CT molecular complexity index is 608. The number of anilines is 1. The Hall–Kier alpha value is -2.15. The Morgan fingerprint density at radius 1 is 1.42 bits per heavy atom. The van der Waals surface area contributed by atoms with Gasteiger partial charge in [0, 0.05) is 31.3 Å². The number of hydrogen-bond donors (Lipinski definition) is 2. The van der Waals surface area contributed by atoms with Gasteiger partial charge in [-0.1, -0.05) is 13.8 Å². The third-order valence-electron chi connectivity index (χ3n) is 4.20. The van der Waals surface area contributed by atoms with Gasteiger partial charge < -0.3 is 15.3 Å². The summed E-state index contributed by atoms with van der Waals surface area (Å²) in [6, 6.07) is 4.57. The molecule has 0 aliphatic carbocycles. The monoisotopic (exact) mass is 335 g/mol. The van der Waals surface area contributed by atoms with Gasteiger partial charge in [0.15, 0.2) is 0 Å². The number of nitrogens with one attached hydrogen (secondary N) is 1. The van der Waals surface area contributed by atoms with E-state index in [9.17, 15) is 20.0 Å². The third kappa shape index (κ3) is 4.44. The molecule has 1 aromatic rings. The van der Waals surface area contributed by atoms with Crippen LogP contribution >= 0.6 is 0 Å². The standard InChI is InChI=1S/C17H25N3O4/c1-11-6-12(2)10-19(9-11)15-5-4-14(7-16(15)20(23)24)17(22)18-8-13(3)21/h4-5,7,11-13,21H,6,8-10H2,1-3H3,(H,18,22)/t11-,12+,13-/m0/s1. The molecule has 0 radical (unpaired) electrons. The largest absolute Gasteiger partial charge is 0.392 e. The Labute approximate surface area is 141 Å². The van der Waals surface area contributed by atoms with Crippen molar-refractivity contribution < 1.29 is 14.8 Å². The zero-order valence-electron chi connectivity index (χ0n) is 14.4. The number of carbonyl (C=O) groups is 1. The molecule has 1 aliphatic heterocycles. The van der Waals surface area contributed by atoms with Crippen molar-refractivity contribution in [1.82, 2.24) is 5.32 Å². The number of aliphatic hydroxyl groups is 1. The van der Waals surface area contributed by atoms with Crippen LogP contribution in [0.3, 0.4) is 0 Å². The van der Waals surface area contributed by atoms with Gasteiger partial charge in [-0.2, -0.15) is 0 Å². The first kappa shape index (κ1) is 18.2. The highest BCUT2D eigenvalue weighted by Gasteiger charge is 2.27. The van der Waals surface area contributed by atoms with Gasteiger partial charge in [0.1, 0.15) is 5.69 Å². The molecule has 1 aromatic carbocycles. The lowest BCUT2D eigenvalue weighted by Gasteiger charge is -2.36. The number of nitro groups is 1. The molecule has 1 amide bonds. The first-order valence-corrected chi connectivity index (χ1v) is 8.27. The number of carbonyl (C=O) groups excluding carboxylic acids is 1. The first-order valence-electron chi connectivity index (χ1n) is 8.27. The molecule has 1 aliphatic rings. The van der Waals surface area contributed by atoms with Crippen LogP contribution in [0.2, 0.25) is 0 Å². The van der Waals surface area contributed by atoms with Gasteiger partial charge in [-0.3, -0.25) is 14.9 Å². The summed E-state index contributed by atoms with van der Waals surface area (Å²) < 4.78 is 0. The highest BCUT2D eigenvalue weighted by molar-refractivity contribution is 5.95. The van der Waals surface area contributed by atoms with Crippen LogP contribution in [0, 0.1) is 22.0 Å². The van der Waals surface area contributed by atoms with Crippen molar-refractivity contribution in [3.8, 4) is 0 Å². The second-order valence-corrected chi connectivity index (χ2v) is 6.87. The molecule has 7 heteroatoms. The number of nitrogens with zero attached hydrogens (tertiary/aromatic N) is 2. The van der Waals surface area contributed by atoms with Crippen LogP contribution in [-0.4, -0.2) is 41.7 Å². The summed E-state index contributed by atoms with van der Waals surface area (Å²) in [5.41, 5.74) is 0.732. The molecule has 1 fully saturated rings. The maximum atomic E-state index is 12.1. The fourth-order valence-electron chi connectivity index (χ4n) is 3.28. The molecule has 1 heterocycles. The molecule has 1 saturated heterocycles. The van der Waals surface area contributed by atoms with Crippen molar-refractivity contribution in [3.05, 3.63) is 33.9 Å². The van der Waals surface area contributed by atoms with Crippen molar-refractivity contribution in [2.45, 2.75) is 33.3 Å². The van der Waals surface area contributed by atoms with E-state index in [4.69, 9.17) is 0 Å². The number of nitro benzene ring substituents is 1. The lowest BCUT2D eigenvalue weighted by atomic mass is 9.91. The summed E-state index contributed by atoms with van der Waals surface area (Å²) in [5, 5.41) is 23.3. The van der Waals surface area contributed by atoms with Crippen LogP contribution in [-0.2, 0) is 0 Å². The molecule has 132 valence electrons. The molecule has 7 nitrogen and oxygen atoms in total. The molecule has 0 aromatic heterocycles. The normalized spacial score (nSPS) is 22.1. The van der Waals surface area contributed by atoms with Crippen LogP contribution in [0.1, 0.15) is 37.6 Å². The number of rotatable bonds is 5. The topological polar surface area (TPSA) is 95.7 Å². The zero-order chi connectivity index (χ0) is 17.9. The fourth-order valence-corrected chi connectivity index (χ4v) is 3.28. The number of amides is 1. The Kier molecular flexibility index (Phi) is 5.77. The second kappa shape index (κ2) is 7.61. The molecular formula is C17H25N3O4. The van der Waals surface area contributed by atoms with E-state index in [1.807, 2.05) is 4.90 Å². The van der Waals surface area contributed by atoms with E-state index in [1.165, 1.54) is 6.07 Å². The van der Waals surface area contributed by atoms with Crippen molar-refractivity contribution >= 4 is 17.3 Å². The lowest BCUT2D eigenvalue weighted by Crippen LogP contribution is -2.39. The van der Waals surface area contributed by atoms with E-state index in [0.29, 0.717) is 17.5 Å². The van der Waals surface area contributed by atoms with Crippen LogP contribution in [0.25, 0.3) is 0 Å². The summed E-state index contributed by atoms with van der Waals surface area (Å²) in [5.74, 6) is 0.524. The maximum Gasteiger partial charge on any atom is 0.293 e. The molecule has 0 spiro atoms. The van der Waals surface area contributed by atoms with Gasteiger partial charge >= 0.3 is 0 Å². The summed E-state index contributed by atoms with van der Waals surface area (Å²) >= 11 is 0. The predicted octanol–water partition coefficient (Wildman–Crippen LogP) is 2.19. The second-order valence-electron chi connectivity index (χ2n) is 6.87. The van der Waals surface area contributed by atoms with E-state index in [2.05, 4.69) is 19.2 Å². The quantitative estimate of drug-likeness (QED) is 0.635. The van der Waals surface area contributed by atoms with Crippen molar-refractivity contribution in [2.75, 3.05) is 24.5 Å². The van der Waals surface area contributed by atoms with Crippen molar-refractivity contribution in [2.24, 2.45) is 11.8 Å². The third-order valence-corrected chi connectivity index (χ3v) is 4.20. The Balaban J connectivity index is 2.27. The number of hydrogen-bond acceptors (Lipinski definition) is 5. The molecular weight excluding hydrogens is 310 g/mol. The first-order chi connectivity index (χ1) is 11.3. The number of aliphatic hydroxyl groups excluding tert-OH is 1. The highest BCUT2D eigenvalue weighted by Crippen LogP contribution is 2.33. The summed E-state index contributed by atoms with van der Waals surface area (Å²) in [6.45, 7) is 7.51. The van der Waals surface area contributed by atoms with E-state index in [-0.39, 0.29) is 17.8 Å².